The first-order valence-electron chi connectivity index (χ1n) is 12.5. The number of aliphatic hydroxyl groups is 1. The number of nitrogens with zero attached hydrogens (tertiary/aromatic N) is 2. The van der Waals surface area contributed by atoms with E-state index in [1.807, 2.05) is 47.4 Å². The molecule has 2 aromatic rings. The Hall–Kier alpha value is -2.37. The van der Waals surface area contributed by atoms with Crippen LogP contribution in [0.15, 0.2) is 54.6 Å². The van der Waals surface area contributed by atoms with Crippen molar-refractivity contribution in [2.24, 2.45) is 5.92 Å². The van der Waals surface area contributed by atoms with Crippen LogP contribution < -0.4 is 5.11 Å². The van der Waals surface area contributed by atoms with Crippen LogP contribution in [0.5, 0.6) is 5.75 Å². The maximum atomic E-state index is 13.7. The van der Waals surface area contributed by atoms with Gasteiger partial charge in [0, 0.05) is 38.3 Å². The smallest absolute Gasteiger partial charge is 0.259 e. The van der Waals surface area contributed by atoms with Crippen molar-refractivity contribution in [2.45, 2.75) is 56.6 Å². The number of rotatable bonds is 7. The van der Waals surface area contributed by atoms with Crippen LogP contribution in [0.25, 0.3) is 0 Å². The molecule has 1 aliphatic carbocycles. The molecule has 178 valence electrons. The monoisotopic (exact) mass is 450 g/mol. The minimum Gasteiger partial charge on any atom is -0.872 e. The van der Waals surface area contributed by atoms with Gasteiger partial charge in [0.25, 0.3) is 5.91 Å². The van der Waals surface area contributed by atoms with Crippen molar-refractivity contribution in [1.82, 2.24) is 4.90 Å². The SMILES string of the molecule is C[N+](C)(CCc1cccc([O-])c1)C1CCN(C(=O)[C@](O)(c2ccccc2)C2CCCC2)CC1. The van der Waals surface area contributed by atoms with Gasteiger partial charge in [0.1, 0.15) is 0 Å². The maximum Gasteiger partial charge on any atom is 0.259 e. The Bertz CT molecular complexity index is 931. The van der Waals surface area contributed by atoms with Crippen LogP contribution >= 0.6 is 0 Å². The van der Waals surface area contributed by atoms with E-state index in [1.165, 1.54) is 0 Å². The third-order valence-corrected chi connectivity index (χ3v) is 8.10. The maximum absolute atomic E-state index is 13.7. The number of likely N-dealkylation sites (tertiary alicyclic amines) is 1. The number of quaternary nitrogens is 1. The van der Waals surface area contributed by atoms with Gasteiger partial charge in [-0.2, -0.15) is 0 Å². The fourth-order valence-corrected chi connectivity index (χ4v) is 5.88. The van der Waals surface area contributed by atoms with Gasteiger partial charge < -0.3 is 19.6 Å². The summed E-state index contributed by atoms with van der Waals surface area (Å²) in [6, 6.07) is 17.2. The molecule has 4 rings (SSSR count). The molecule has 0 spiro atoms. The quantitative estimate of drug-likeness (QED) is 0.657. The van der Waals surface area contributed by atoms with E-state index in [-0.39, 0.29) is 17.6 Å². The third kappa shape index (κ3) is 5.10. The molecule has 2 fully saturated rings. The Morgan fingerprint density at radius 1 is 1.03 bits per heavy atom. The highest BCUT2D eigenvalue weighted by Gasteiger charge is 2.49. The van der Waals surface area contributed by atoms with E-state index in [2.05, 4.69) is 14.1 Å². The molecule has 5 heteroatoms. The molecule has 0 unspecified atom stereocenters. The first-order chi connectivity index (χ1) is 15.8. The summed E-state index contributed by atoms with van der Waals surface area (Å²) in [7, 11) is 4.50. The summed E-state index contributed by atoms with van der Waals surface area (Å²) >= 11 is 0. The number of amides is 1. The predicted octanol–water partition coefficient (Wildman–Crippen LogP) is 3.45. The van der Waals surface area contributed by atoms with Crippen LogP contribution in [-0.2, 0) is 16.8 Å². The molecule has 1 saturated carbocycles. The van der Waals surface area contributed by atoms with Gasteiger partial charge in [0.15, 0.2) is 5.60 Å². The van der Waals surface area contributed by atoms with E-state index >= 15 is 0 Å². The van der Waals surface area contributed by atoms with Gasteiger partial charge in [-0.15, -0.1) is 5.75 Å². The number of carbonyl (C=O) groups is 1. The summed E-state index contributed by atoms with van der Waals surface area (Å²) in [4.78, 5) is 15.7. The van der Waals surface area contributed by atoms with Crippen molar-refractivity contribution in [1.29, 1.82) is 0 Å². The number of hydrogen-bond donors (Lipinski definition) is 1. The van der Waals surface area contributed by atoms with Crippen LogP contribution in [-0.4, -0.2) is 60.2 Å². The third-order valence-electron chi connectivity index (χ3n) is 8.10. The molecule has 2 aliphatic rings. The number of piperidine rings is 1. The van der Waals surface area contributed by atoms with Crippen molar-refractivity contribution in [3.63, 3.8) is 0 Å². The second kappa shape index (κ2) is 9.86. The lowest BCUT2D eigenvalue weighted by molar-refractivity contribution is -0.916. The molecule has 1 N–H and O–H groups in total. The topological polar surface area (TPSA) is 63.6 Å². The fourth-order valence-electron chi connectivity index (χ4n) is 5.88. The summed E-state index contributed by atoms with van der Waals surface area (Å²) in [5.74, 6) is -0.0523. The van der Waals surface area contributed by atoms with E-state index in [1.54, 1.807) is 12.1 Å². The van der Waals surface area contributed by atoms with Crippen molar-refractivity contribution in [3.8, 4) is 5.75 Å². The van der Waals surface area contributed by atoms with Crippen molar-refractivity contribution in [3.05, 3.63) is 65.7 Å². The highest BCUT2D eigenvalue weighted by Crippen LogP contribution is 2.42. The van der Waals surface area contributed by atoms with Crippen LogP contribution in [0.2, 0.25) is 0 Å². The Morgan fingerprint density at radius 2 is 1.70 bits per heavy atom. The molecule has 1 atom stereocenters. The highest BCUT2D eigenvalue weighted by molar-refractivity contribution is 5.87. The van der Waals surface area contributed by atoms with Gasteiger partial charge in [0.05, 0.1) is 26.7 Å². The molecule has 0 bridgehead atoms. The average Bonchev–Trinajstić information content (AvgIpc) is 3.38. The molecule has 33 heavy (non-hydrogen) atoms. The first-order valence-corrected chi connectivity index (χ1v) is 12.5. The van der Waals surface area contributed by atoms with Crippen LogP contribution in [0, 0.1) is 5.92 Å². The zero-order chi connectivity index (χ0) is 23.5. The van der Waals surface area contributed by atoms with Crippen LogP contribution in [0.1, 0.15) is 49.7 Å². The van der Waals surface area contributed by atoms with Gasteiger partial charge in [0.2, 0.25) is 0 Å². The number of carbonyl (C=O) groups excluding carboxylic acids is 1. The highest BCUT2D eigenvalue weighted by atomic mass is 16.3. The molecular formula is C28H38N2O3. The van der Waals surface area contributed by atoms with E-state index in [4.69, 9.17) is 0 Å². The fraction of sp³-hybridized carbons (Fsp3) is 0.536. The lowest BCUT2D eigenvalue weighted by Gasteiger charge is -2.45. The Kier molecular flexibility index (Phi) is 7.10. The summed E-state index contributed by atoms with van der Waals surface area (Å²) in [6.45, 7) is 2.32. The largest absolute Gasteiger partial charge is 0.872 e. The predicted molar refractivity (Wildman–Crippen MR) is 128 cm³/mol. The Balaban J connectivity index is 1.41. The minimum absolute atomic E-state index is 0.00544. The standard InChI is InChI=1S/C28H38N2O3/c1-30(2,20-17-22-9-8-14-26(31)21-22)25-15-18-29(19-16-25)27(32)28(33,24-12-6-7-13-24)23-10-4-3-5-11-23/h3-5,8-11,14,21,24-25,33H,6-7,12-13,15-20H2,1-2H3/t28-/m0/s1. The van der Waals surface area contributed by atoms with E-state index in [9.17, 15) is 15.0 Å². The Labute approximate surface area is 198 Å². The van der Waals surface area contributed by atoms with E-state index in [0.717, 1.165) is 67.1 Å². The molecule has 1 amide bonds. The summed E-state index contributed by atoms with van der Waals surface area (Å²) < 4.78 is 0.872. The van der Waals surface area contributed by atoms with Gasteiger partial charge in [-0.05, 0) is 24.0 Å². The van der Waals surface area contributed by atoms with Crippen molar-refractivity contribution < 1.29 is 19.5 Å². The molecular weight excluding hydrogens is 412 g/mol. The molecule has 1 saturated heterocycles. The minimum atomic E-state index is -1.42. The van der Waals surface area contributed by atoms with Crippen molar-refractivity contribution >= 4 is 5.91 Å². The van der Waals surface area contributed by atoms with E-state index in [0.29, 0.717) is 19.1 Å². The first kappa shape index (κ1) is 23.8. The Morgan fingerprint density at radius 3 is 2.33 bits per heavy atom. The van der Waals surface area contributed by atoms with Crippen molar-refractivity contribution in [2.75, 3.05) is 33.7 Å². The van der Waals surface area contributed by atoms with Gasteiger partial charge >= 0.3 is 0 Å². The van der Waals surface area contributed by atoms with E-state index < -0.39 is 5.60 Å². The molecule has 1 aliphatic heterocycles. The molecule has 2 aromatic carbocycles. The average molecular weight is 451 g/mol. The van der Waals surface area contributed by atoms with Crippen LogP contribution in [0.4, 0.5) is 0 Å². The lowest BCUT2D eigenvalue weighted by atomic mass is 9.78. The molecule has 1 heterocycles. The molecule has 0 radical (unpaired) electrons. The number of hydrogen-bond acceptors (Lipinski definition) is 3. The number of benzene rings is 2. The summed E-state index contributed by atoms with van der Waals surface area (Å²) in [6.07, 6.45) is 6.69. The zero-order valence-electron chi connectivity index (χ0n) is 20.1. The lowest BCUT2D eigenvalue weighted by Crippen LogP contribution is -2.58. The zero-order valence-corrected chi connectivity index (χ0v) is 20.1. The summed E-state index contributed by atoms with van der Waals surface area (Å²) in [5, 5.41) is 23.5. The second-order valence-corrected chi connectivity index (χ2v) is 10.5. The van der Waals surface area contributed by atoms with Crippen LogP contribution in [0.3, 0.4) is 0 Å². The van der Waals surface area contributed by atoms with Gasteiger partial charge in [-0.25, -0.2) is 0 Å². The normalized spacial score (nSPS) is 20.0. The molecule has 0 aromatic heterocycles. The van der Waals surface area contributed by atoms with Gasteiger partial charge in [-0.3, -0.25) is 4.79 Å². The summed E-state index contributed by atoms with van der Waals surface area (Å²) in [5.41, 5.74) is 0.407. The molecule has 5 nitrogen and oxygen atoms in total. The second-order valence-electron chi connectivity index (χ2n) is 10.5. The van der Waals surface area contributed by atoms with Gasteiger partial charge in [-0.1, -0.05) is 67.4 Å². The number of likely N-dealkylation sites (N-methyl/N-ethyl adjacent to an activating group) is 1.